The van der Waals surface area contributed by atoms with Gasteiger partial charge in [0, 0.05) is 10.9 Å². The van der Waals surface area contributed by atoms with Gasteiger partial charge in [-0.25, -0.2) is 0 Å². The molecule has 1 heterocycles. The predicted octanol–water partition coefficient (Wildman–Crippen LogP) is 5.47. The van der Waals surface area contributed by atoms with E-state index in [9.17, 15) is 0 Å². The quantitative estimate of drug-likeness (QED) is 0.519. The zero-order chi connectivity index (χ0) is 13.7. The number of ether oxygens (including phenoxy) is 2. The van der Waals surface area contributed by atoms with E-state index in [0.29, 0.717) is 13.2 Å². The average molecular weight is 348 g/mol. The fraction of sp³-hybridized carbons (Fsp3) is 0.600. The van der Waals surface area contributed by atoms with Crippen LogP contribution in [0.5, 0.6) is 11.5 Å². The van der Waals surface area contributed by atoms with Gasteiger partial charge in [0.1, 0.15) is 0 Å². The molecule has 106 valence electrons. The minimum Gasteiger partial charge on any atom is -0.490 e. The molecule has 0 aromatic heterocycles. The minimum atomic E-state index is 0.0260. The maximum Gasteiger partial charge on any atom is 0.162 e. The Balaban J connectivity index is 2.14. The van der Waals surface area contributed by atoms with Crippen molar-refractivity contribution in [3.8, 4) is 11.5 Å². The van der Waals surface area contributed by atoms with E-state index in [2.05, 4.69) is 22.9 Å². The van der Waals surface area contributed by atoms with Crippen molar-refractivity contribution in [1.82, 2.24) is 0 Å². The lowest BCUT2D eigenvalue weighted by Crippen LogP contribution is -1.97. The number of hydrogen-bond donors (Lipinski definition) is 0. The van der Waals surface area contributed by atoms with Crippen LogP contribution < -0.4 is 9.47 Å². The number of halogens is 2. The molecule has 1 aromatic rings. The monoisotopic (exact) mass is 346 g/mol. The highest BCUT2D eigenvalue weighted by molar-refractivity contribution is 9.10. The van der Waals surface area contributed by atoms with Crippen LogP contribution in [0.2, 0.25) is 0 Å². The van der Waals surface area contributed by atoms with Crippen molar-refractivity contribution in [2.45, 2.75) is 44.4 Å². The first-order chi connectivity index (χ1) is 9.22. The molecule has 1 aromatic carbocycles. The van der Waals surface area contributed by atoms with Crippen LogP contribution in [0.1, 0.15) is 50.0 Å². The van der Waals surface area contributed by atoms with E-state index in [-0.39, 0.29) is 5.38 Å². The Morgan fingerprint density at radius 1 is 1.21 bits per heavy atom. The van der Waals surface area contributed by atoms with Crippen molar-refractivity contribution < 1.29 is 9.47 Å². The summed E-state index contributed by atoms with van der Waals surface area (Å²) in [6.45, 7) is 3.61. The van der Waals surface area contributed by atoms with Crippen molar-refractivity contribution >= 4 is 27.5 Å². The largest absolute Gasteiger partial charge is 0.490 e. The van der Waals surface area contributed by atoms with Crippen molar-refractivity contribution in [3.05, 3.63) is 22.2 Å². The van der Waals surface area contributed by atoms with Crippen LogP contribution in [0, 0.1) is 0 Å². The van der Waals surface area contributed by atoms with Crippen LogP contribution in [-0.2, 0) is 0 Å². The third-order valence-electron chi connectivity index (χ3n) is 3.27. The third kappa shape index (κ3) is 4.03. The maximum atomic E-state index is 6.50. The third-order valence-corrected chi connectivity index (χ3v) is 4.41. The summed E-state index contributed by atoms with van der Waals surface area (Å²) in [5.41, 5.74) is 1.10. The van der Waals surface area contributed by atoms with E-state index in [1.54, 1.807) is 0 Å². The normalized spacial score (nSPS) is 15.9. The lowest BCUT2D eigenvalue weighted by molar-refractivity contribution is 0.297. The lowest BCUT2D eigenvalue weighted by Gasteiger charge is -2.15. The molecule has 0 N–H and O–H groups in total. The maximum absolute atomic E-state index is 6.50. The lowest BCUT2D eigenvalue weighted by atomic mass is 10.1. The Labute approximate surface area is 128 Å². The molecule has 0 spiro atoms. The molecule has 0 amide bonds. The highest BCUT2D eigenvalue weighted by Gasteiger charge is 2.18. The topological polar surface area (TPSA) is 18.5 Å². The summed E-state index contributed by atoms with van der Waals surface area (Å²) in [5, 5.41) is 0.0260. The van der Waals surface area contributed by atoms with Crippen LogP contribution in [0.3, 0.4) is 0 Å². The Bertz CT molecular complexity index is 423. The van der Waals surface area contributed by atoms with Gasteiger partial charge in [-0.1, -0.05) is 42.1 Å². The molecule has 0 radical (unpaired) electrons. The van der Waals surface area contributed by atoms with Crippen LogP contribution >= 0.6 is 27.5 Å². The first-order valence-electron chi connectivity index (χ1n) is 6.95. The molecule has 0 saturated heterocycles. The summed E-state index contributed by atoms with van der Waals surface area (Å²) < 4.78 is 12.4. The first-order valence-corrected chi connectivity index (χ1v) is 8.18. The SMILES string of the molecule is CCCCCC(Cl)c1cc2c(cc1Br)OCCCO2. The van der Waals surface area contributed by atoms with Gasteiger partial charge in [0.15, 0.2) is 11.5 Å². The van der Waals surface area contributed by atoms with Gasteiger partial charge in [-0.3, -0.25) is 0 Å². The molecule has 1 atom stereocenters. The molecular formula is C15H20BrClO2. The Kier molecular flexibility index (Phi) is 5.83. The summed E-state index contributed by atoms with van der Waals surface area (Å²) >= 11 is 10.1. The van der Waals surface area contributed by atoms with E-state index in [1.807, 2.05) is 12.1 Å². The highest BCUT2D eigenvalue weighted by atomic mass is 79.9. The van der Waals surface area contributed by atoms with Crippen molar-refractivity contribution in [3.63, 3.8) is 0 Å². The van der Waals surface area contributed by atoms with E-state index >= 15 is 0 Å². The first kappa shape index (κ1) is 15.0. The summed E-state index contributed by atoms with van der Waals surface area (Å²) in [4.78, 5) is 0. The van der Waals surface area contributed by atoms with Crippen molar-refractivity contribution in [2.24, 2.45) is 0 Å². The van der Waals surface area contributed by atoms with Crippen molar-refractivity contribution in [2.75, 3.05) is 13.2 Å². The van der Waals surface area contributed by atoms with Gasteiger partial charge in [-0.15, -0.1) is 11.6 Å². The summed E-state index contributed by atoms with van der Waals surface area (Å²) in [5.74, 6) is 1.63. The number of rotatable bonds is 5. The van der Waals surface area contributed by atoms with Crippen LogP contribution in [0.25, 0.3) is 0 Å². The van der Waals surface area contributed by atoms with Crippen LogP contribution in [0.4, 0.5) is 0 Å². The van der Waals surface area contributed by atoms with E-state index < -0.39 is 0 Å². The van der Waals surface area contributed by atoms with Crippen LogP contribution in [-0.4, -0.2) is 13.2 Å². The summed E-state index contributed by atoms with van der Waals surface area (Å²) in [6, 6.07) is 4.00. The van der Waals surface area contributed by atoms with Gasteiger partial charge in [-0.2, -0.15) is 0 Å². The fourth-order valence-corrected chi connectivity index (χ4v) is 3.23. The van der Waals surface area contributed by atoms with Gasteiger partial charge >= 0.3 is 0 Å². The standard InChI is InChI=1S/C15H20BrClO2/c1-2-3-4-6-13(17)11-9-14-15(10-12(11)16)19-8-5-7-18-14/h9-10,13H,2-8H2,1H3. The molecule has 1 unspecified atom stereocenters. The molecule has 1 aliphatic heterocycles. The van der Waals surface area contributed by atoms with E-state index in [0.717, 1.165) is 40.8 Å². The second-order valence-electron chi connectivity index (χ2n) is 4.83. The Hall–Kier alpha value is -0.410. The zero-order valence-corrected chi connectivity index (χ0v) is 13.6. The number of alkyl halides is 1. The van der Waals surface area contributed by atoms with E-state index in [1.165, 1.54) is 12.8 Å². The fourth-order valence-electron chi connectivity index (χ4n) is 2.17. The molecule has 19 heavy (non-hydrogen) atoms. The smallest absolute Gasteiger partial charge is 0.162 e. The molecule has 4 heteroatoms. The predicted molar refractivity (Wildman–Crippen MR) is 82.5 cm³/mol. The molecule has 0 bridgehead atoms. The number of hydrogen-bond acceptors (Lipinski definition) is 2. The number of fused-ring (bicyclic) bond motifs is 1. The zero-order valence-electron chi connectivity index (χ0n) is 11.3. The second-order valence-corrected chi connectivity index (χ2v) is 6.22. The summed E-state index contributed by atoms with van der Waals surface area (Å²) in [7, 11) is 0. The highest BCUT2D eigenvalue weighted by Crippen LogP contribution is 2.40. The molecule has 2 rings (SSSR count). The van der Waals surface area contributed by atoms with Gasteiger partial charge in [-0.05, 0) is 24.1 Å². The van der Waals surface area contributed by atoms with Gasteiger partial charge < -0.3 is 9.47 Å². The average Bonchev–Trinajstić information content (AvgIpc) is 2.62. The molecule has 1 aliphatic rings. The molecular weight excluding hydrogens is 328 g/mol. The van der Waals surface area contributed by atoms with Gasteiger partial charge in [0.05, 0.1) is 18.6 Å². The van der Waals surface area contributed by atoms with Gasteiger partial charge in [0.25, 0.3) is 0 Å². The second kappa shape index (κ2) is 7.39. The molecule has 2 nitrogen and oxygen atoms in total. The Morgan fingerprint density at radius 2 is 1.89 bits per heavy atom. The number of unbranched alkanes of at least 4 members (excludes halogenated alkanes) is 2. The molecule has 0 saturated carbocycles. The van der Waals surface area contributed by atoms with Crippen LogP contribution in [0.15, 0.2) is 16.6 Å². The number of benzene rings is 1. The van der Waals surface area contributed by atoms with E-state index in [4.69, 9.17) is 21.1 Å². The van der Waals surface area contributed by atoms with Gasteiger partial charge in [0.2, 0.25) is 0 Å². The molecule has 0 aliphatic carbocycles. The van der Waals surface area contributed by atoms with Crippen molar-refractivity contribution in [1.29, 1.82) is 0 Å². The summed E-state index contributed by atoms with van der Waals surface area (Å²) in [6.07, 6.45) is 5.51. The minimum absolute atomic E-state index is 0.0260. The Morgan fingerprint density at radius 3 is 2.58 bits per heavy atom. The molecule has 0 fully saturated rings.